The van der Waals surface area contributed by atoms with E-state index in [1.807, 2.05) is 13.8 Å². The van der Waals surface area contributed by atoms with Gasteiger partial charge in [-0.15, -0.1) is 11.8 Å². The molecule has 3 unspecified atom stereocenters. The molecule has 0 bridgehead atoms. The molecule has 0 radical (unpaired) electrons. The molecule has 0 aliphatic carbocycles. The van der Waals surface area contributed by atoms with Gasteiger partial charge in [0.25, 0.3) is 0 Å². The van der Waals surface area contributed by atoms with E-state index < -0.39 is 35.9 Å². The molecule has 158 valence electrons. The standard InChI is InChI=1S/C19H36N2O5S/c1-5-6-7-11-8-12(20-9-11)18(25)21-13(10(2)3)17-15(23)14(22)16(24)19(26-17)27-4/h10-17,19-20,22-24H,5-9H2,1-4H3,(H,21,25)/t11?,12?,13?,14-,15+,16+,17+,19+/m1/s1. The van der Waals surface area contributed by atoms with Crippen LogP contribution in [0.15, 0.2) is 0 Å². The lowest BCUT2D eigenvalue weighted by atomic mass is 9.88. The highest BCUT2D eigenvalue weighted by Crippen LogP contribution is 2.30. The maximum atomic E-state index is 12.8. The van der Waals surface area contributed by atoms with E-state index >= 15 is 0 Å². The Bertz CT molecular complexity index is 479. The summed E-state index contributed by atoms with van der Waals surface area (Å²) in [6.45, 7) is 6.91. The Kier molecular flexibility index (Phi) is 8.83. The Morgan fingerprint density at radius 2 is 1.96 bits per heavy atom. The van der Waals surface area contributed by atoms with Crippen molar-refractivity contribution >= 4 is 17.7 Å². The lowest BCUT2D eigenvalue weighted by Gasteiger charge is -2.44. The Balaban J connectivity index is 2.01. The van der Waals surface area contributed by atoms with Gasteiger partial charge in [0.05, 0.1) is 12.1 Å². The molecule has 5 N–H and O–H groups in total. The second kappa shape index (κ2) is 10.4. The first-order valence-corrected chi connectivity index (χ1v) is 11.3. The summed E-state index contributed by atoms with van der Waals surface area (Å²) >= 11 is 1.28. The van der Waals surface area contributed by atoms with E-state index in [-0.39, 0.29) is 17.9 Å². The van der Waals surface area contributed by atoms with Crippen LogP contribution in [0.3, 0.4) is 0 Å². The van der Waals surface area contributed by atoms with Crippen molar-refractivity contribution in [2.24, 2.45) is 11.8 Å². The molecule has 7 nitrogen and oxygen atoms in total. The number of unbranched alkanes of at least 4 members (excludes halogenated alkanes) is 1. The van der Waals surface area contributed by atoms with Gasteiger partial charge in [-0.3, -0.25) is 4.79 Å². The van der Waals surface area contributed by atoms with Crippen molar-refractivity contribution in [3.8, 4) is 0 Å². The van der Waals surface area contributed by atoms with Crippen LogP contribution in [0.4, 0.5) is 0 Å². The number of carbonyl (C=O) groups is 1. The molecule has 0 aromatic heterocycles. The molecule has 27 heavy (non-hydrogen) atoms. The van der Waals surface area contributed by atoms with E-state index in [4.69, 9.17) is 4.74 Å². The molecular formula is C19H36N2O5S. The summed E-state index contributed by atoms with van der Waals surface area (Å²) in [5.74, 6) is 0.424. The second-order valence-corrected chi connectivity index (χ2v) is 9.10. The number of aliphatic hydroxyl groups excluding tert-OH is 3. The second-order valence-electron chi connectivity index (χ2n) is 8.16. The van der Waals surface area contributed by atoms with Gasteiger partial charge in [-0.05, 0) is 37.5 Å². The van der Waals surface area contributed by atoms with Gasteiger partial charge in [0.1, 0.15) is 29.9 Å². The van der Waals surface area contributed by atoms with Crippen LogP contribution < -0.4 is 10.6 Å². The van der Waals surface area contributed by atoms with Gasteiger partial charge in [-0.2, -0.15) is 0 Å². The molecule has 2 aliphatic rings. The first kappa shape index (κ1) is 22.9. The van der Waals surface area contributed by atoms with Gasteiger partial charge >= 0.3 is 0 Å². The van der Waals surface area contributed by atoms with E-state index in [0.29, 0.717) is 5.92 Å². The highest BCUT2D eigenvalue weighted by molar-refractivity contribution is 7.99. The Labute approximate surface area is 166 Å². The topological polar surface area (TPSA) is 111 Å². The van der Waals surface area contributed by atoms with Gasteiger partial charge < -0.3 is 30.7 Å². The molecule has 2 aliphatic heterocycles. The molecule has 2 rings (SSSR count). The number of amides is 1. The van der Waals surface area contributed by atoms with Gasteiger partial charge in [-0.1, -0.05) is 33.6 Å². The Morgan fingerprint density at radius 3 is 2.56 bits per heavy atom. The van der Waals surface area contributed by atoms with Crippen LogP contribution in [-0.2, 0) is 9.53 Å². The third-order valence-corrected chi connectivity index (χ3v) is 6.58. The van der Waals surface area contributed by atoms with Crippen molar-refractivity contribution in [3.05, 3.63) is 0 Å². The molecule has 1 amide bonds. The highest BCUT2D eigenvalue weighted by atomic mass is 32.2. The number of hydrogen-bond acceptors (Lipinski definition) is 7. The van der Waals surface area contributed by atoms with Crippen molar-refractivity contribution in [2.45, 2.75) is 88.4 Å². The lowest BCUT2D eigenvalue weighted by Crippen LogP contribution is -2.64. The van der Waals surface area contributed by atoms with E-state index in [1.54, 1.807) is 6.26 Å². The lowest BCUT2D eigenvalue weighted by molar-refractivity contribution is -0.208. The molecule has 2 heterocycles. The third kappa shape index (κ3) is 5.58. The Morgan fingerprint density at radius 1 is 1.26 bits per heavy atom. The zero-order valence-electron chi connectivity index (χ0n) is 16.8. The van der Waals surface area contributed by atoms with E-state index in [1.165, 1.54) is 18.2 Å². The van der Waals surface area contributed by atoms with Gasteiger partial charge in [0.15, 0.2) is 0 Å². The predicted molar refractivity (Wildman–Crippen MR) is 106 cm³/mol. The molecule has 2 fully saturated rings. The predicted octanol–water partition coefficient (Wildman–Crippen LogP) is 0.466. The minimum Gasteiger partial charge on any atom is -0.388 e. The summed E-state index contributed by atoms with van der Waals surface area (Å²) < 4.78 is 5.86. The van der Waals surface area contributed by atoms with Crippen molar-refractivity contribution in [1.29, 1.82) is 0 Å². The summed E-state index contributed by atoms with van der Waals surface area (Å²) in [5.41, 5.74) is -0.644. The van der Waals surface area contributed by atoms with Crippen LogP contribution in [0.5, 0.6) is 0 Å². The quantitative estimate of drug-likeness (QED) is 0.400. The molecule has 0 spiro atoms. The van der Waals surface area contributed by atoms with Crippen molar-refractivity contribution in [1.82, 2.24) is 10.6 Å². The smallest absolute Gasteiger partial charge is 0.237 e. The fourth-order valence-electron chi connectivity index (χ4n) is 3.98. The zero-order valence-corrected chi connectivity index (χ0v) is 17.6. The summed E-state index contributed by atoms with van der Waals surface area (Å²) in [7, 11) is 0. The summed E-state index contributed by atoms with van der Waals surface area (Å²) in [4.78, 5) is 12.8. The van der Waals surface area contributed by atoms with Crippen molar-refractivity contribution in [3.63, 3.8) is 0 Å². The van der Waals surface area contributed by atoms with Crippen molar-refractivity contribution in [2.75, 3.05) is 12.8 Å². The number of carbonyl (C=O) groups excluding carboxylic acids is 1. The first-order chi connectivity index (χ1) is 12.8. The SMILES string of the molecule is CCCCC1CNC(C(=O)NC(C(C)C)[C@@H]2O[C@@H](SC)[C@@H](O)[C@H](O)[C@@H]2O)C1. The van der Waals surface area contributed by atoms with Crippen molar-refractivity contribution < 1.29 is 24.9 Å². The minimum absolute atomic E-state index is 0.00385. The zero-order chi connectivity index (χ0) is 20.1. The summed E-state index contributed by atoms with van der Waals surface area (Å²) in [5, 5.41) is 37.0. The summed E-state index contributed by atoms with van der Waals surface area (Å²) in [6, 6.07) is -0.693. The van der Waals surface area contributed by atoms with Crippen LogP contribution in [0, 0.1) is 11.8 Å². The van der Waals surface area contributed by atoms with Gasteiger partial charge in [0, 0.05) is 0 Å². The molecular weight excluding hydrogens is 368 g/mol. The summed E-state index contributed by atoms with van der Waals surface area (Å²) in [6.07, 6.45) is 1.56. The minimum atomic E-state index is -1.30. The van der Waals surface area contributed by atoms with Crippen LogP contribution >= 0.6 is 11.8 Å². The number of ether oxygens (including phenoxy) is 1. The fourth-order valence-corrected chi connectivity index (χ4v) is 4.66. The van der Waals surface area contributed by atoms with Gasteiger partial charge in [0.2, 0.25) is 5.91 Å². The number of rotatable bonds is 8. The average molecular weight is 405 g/mol. The normalized spacial score (nSPS) is 38.1. The van der Waals surface area contributed by atoms with E-state index in [2.05, 4.69) is 17.6 Å². The third-order valence-electron chi connectivity index (χ3n) is 5.72. The molecule has 8 atom stereocenters. The highest BCUT2D eigenvalue weighted by Gasteiger charge is 2.47. The maximum absolute atomic E-state index is 12.8. The Hall–Kier alpha value is -0.380. The monoisotopic (exact) mass is 404 g/mol. The average Bonchev–Trinajstić information content (AvgIpc) is 3.12. The number of hydrogen-bond donors (Lipinski definition) is 5. The van der Waals surface area contributed by atoms with Crippen LogP contribution in [0.25, 0.3) is 0 Å². The molecule has 8 heteroatoms. The largest absolute Gasteiger partial charge is 0.388 e. The molecule has 0 saturated carbocycles. The van der Waals surface area contributed by atoms with E-state index in [9.17, 15) is 20.1 Å². The van der Waals surface area contributed by atoms with E-state index in [0.717, 1.165) is 25.8 Å². The van der Waals surface area contributed by atoms with Crippen LogP contribution in [0.2, 0.25) is 0 Å². The number of aliphatic hydroxyl groups is 3. The number of thioether (sulfide) groups is 1. The maximum Gasteiger partial charge on any atom is 0.237 e. The molecule has 0 aromatic carbocycles. The molecule has 0 aromatic rings. The van der Waals surface area contributed by atoms with Gasteiger partial charge in [-0.25, -0.2) is 0 Å². The number of nitrogens with one attached hydrogen (secondary N) is 2. The van der Waals surface area contributed by atoms with Crippen LogP contribution in [0.1, 0.15) is 46.5 Å². The first-order valence-electron chi connectivity index (χ1n) is 10.1. The van der Waals surface area contributed by atoms with Crippen LogP contribution in [-0.4, -0.2) is 76.0 Å². The molecule has 2 saturated heterocycles. The fraction of sp³-hybridized carbons (Fsp3) is 0.947.